The molecule has 2 aromatic rings. The Balaban J connectivity index is 1.60. The van der Waals surface area contributed by atoms with Crippen LogP contribution in [0.1, 0.15) is 22.8 Å². The number of aryl methyl sites for hydroxylation is 1. The highest BCUT2D eigenvalue weighted by Gasteiger charge is 2.25. The average Bonchev–Trinajstić information content (AvgIpc) is 2.60. The number of carbonyl (C=O) groups excluding carboxylic acids is 1. The van der Waals surface area contributed by atoms with Crippen molar-refractivity contribution in [3.05, 3.63) is 53.1 Å². The van der Waals surface area contributed by atoms with Crippen molar-refractivity contribution >= 4 is 11.6 Å². The molecule has 25 heavy (non-hydrogen) atoms. The van der Waals surface area contributed by atoms with Crippen molar-refractivity contribution < 1.29 is 19.7 Å². The number of hydrogen-bond donors (Lipinski definition) is 4. The molecule has 0 radical (unpaired) electrons. The normalized spacial score (nSPS) is 14.4. The van der Waals surface area contributed by atoms with E-state index in [1.165, 1.54) is 17.2 Å². The molecule has 1 unspecified atom stereocenters. The Labute approximate surface area is 146 Å². The summed E-state index contributed by atoms with van der Waals surface area (Å²) in [4.78, 5) is 11.4. The second kappa shape index (κ2) is 7.55. The Hall–Kier alpha value is -2.57. The quantitative estimate of drug-likeness (QED) is 0.475. The summed E-state index contributed by atoms with van der Waals surface area (Å²) in [6, 6.07) is 11.3. The topological polar surface area (TPSA) is 90.8 Å². The number of phenolic OH excluding ortho intramolecular Hbond substituents is 1. The number of aromatic hydroxyl groups is 1. The van der Waals surface area contributed by atoms with Gasteiger partial charge in [0.1, 0.15) is 11.4 Å². The third-order valence-electron chi connectivity index (χ3n) is 4.31. The summed E-state index contributed by atoms with van der Waals surface area (Å²) in [5.74, 6) is -0.0786. The number of anilines is 1. The number of rotatable bonds is 6. The molecule has 1 atom stereocenters. The van der Waals surface area contributed by atoms with Crippen molar-refractivity contribution in [2.75, 3.05) is 25.0 Å². The molecular weight excluding hydrogens is 320 g/mol. The maximum absolute atomic E-state index is 11.4. The van der Waals surface area contributed by atoms with Gasteiger partial charge in [-0.25, -0.2) is 0 Å². The van der Waals surface area contributed by atoms with Crippen LogP contribution in [0.15, 0.2) is 36.4 Å². The molecule has 0 spiro atoms. The van der Waals surface area contributed by atoms with Crippen molar-refractivity contribution in [2.24, 2.45) is 0 Å². The number of ether oxygens (including phenoxy) is 1. The largest absolute Gasteiger partial charge is 0.506 e. The third-order valence-corrected chi connectivity index (χ3v) is 4.31. The first-order valence-corrected chi connectivity index (χ1v) is 8.28. The molecule has 2 aromatic carbocycles. The monoisotopic (exact) mass is 342 g/mol. The van der Waals surface area contributed by atoms with Gasteiger partial charge in [0.2, 0.25) is 0 Å². The Morgan fingerprint density at radius 3 is 2.88 bits per heavy atom. The van der Waals surface area contributed by atoms with Gasteiger partial charge in [-0.1, -0.05) is 24.3 Å². The van der Waals surface area contributed by atoms with E-state index in [1.807, 2.05) is 12.1 Å². The smallest absolute Gasteiger partial charge is 0.262 e. The van der Waals surface area contributed by atoms with Gasteiger partial charge in [-0.2, -0.15) is 0 Å². The molecule has 6 nitrogen and oxygen atoms in total. The number of aliphatic hydroxyl groups excluding tert-OH is 1. The van der Waals surface area contributed by atoms with Crippen molar-refractivity contribution in [3.8, 4) is 11.5 Å². The van der Waals surface area contributed by atoms with E-state index in [0.717, 1.165) is 13.0 Å². The highest BCUT2D eigenvalue weighted by atomic mass is 16.5. The van der Waals surface area contributed by atoms with E-state index in [9.17, 15) is 15.0 Å². The summed E-state index contributed by atoms with van der Waals surface area (Å²) in [7, 11) is 0. The van der Waals surface area contributed by atoms with E-state index in [1.54, 1.807) is 6.07 Å². The number of phenols is 1. The number of nitrogens with one attached hydrogen (secondary N) is 2. The first kappa shape index (κ1) is 17.3. The lowest BCUT2D eigenvalue weighted by Gasteiger charge is -2.24. The van der Waals surface area contributed by atoms with Gasteiger partial charge < -0.3 is 25.6 Å². The summed E-state index contributed by atoms with van der Waals surface area (Å²) in [5.41, 5.74) is 3.28. The summed E-state index contributed by atoms with van der Waals surface area (Å²) in [6.07, 6.45) is 0.0702. The van der Waals surface area contributed by atoms with Crippen LogP contribution in [0.5, 0.6) is 11.5 Å². The first-order valence-electron chi connectivity index (χ1n) is 8.28. The van der Waals surface area contributed by atoms with Crippen LogP contribution in [0.25, 0.3) is 0 Å². The number of fused-ring (bicyclic) bond motifs is 1. The minimum Gasteiger partial charge on any atom is -0.506 e. The molecule has 1 aliphatic rings. The van der Waals surface area contributed by atoms with Gasteiger partial charge in [0.25, 0.3) is 5.91 Å². The second-order valence-corrected chi connectivity index (χ2v) is 6.11. The van der Waals surface area contributed by atoms with Crippen LogP contribution in [0.2, 0.25) is 0 Å². The van der Waals surface area contributed by atoms with E-state index in [-0.39, 0.29) is 24.0 Å². The van der Waals surface area contributed by atoms with Gasteiger partial charge >= 0.3 is 0 Å². The number of benzene rings is 2. The molecule has 0 aliphatic carbocycles. The third kappa shape index (κ3) is 3.92. The van der Waals surface area contributed by atoms with Crippen LogP contribution >= 0.6 is 0 Å². The second-order valence-electron chi connectivity index (χ2n) is 6.11. The van der Waals surface area contributed by atoms with E-state index in [2.05, 4.69) is 29.7 Å². The van der Waals surface area contributed by atoms with E-state index in [4.69, 9.17) is 4.74 Å². The van der Waals surface area contributed by atoms with Crippen LogP contribution in [-0.4, -0.2) is 35.8 Å². The van der Waals surface area contributed by atoms with E-state index >= 15 is 0 Å². The van der Waals surface area contributed by atoms with Gasteiger partial charge in [0.15, 0.2) is 12.4 Å². The Morgan fingerprint density at radius 2 is 2.08 bits per heavy atom. The SMILES string of the molecule is Cc1ccccc1CCNCC(O)c1ccc(O)c2c1OCC(=O)N2. The standard InChI is InChI=1S/C19H22N2O4/c1-12-4-2-3-5-13(12)8-9-20-10-16(23)14-6-7-15(22)18-19(14)25-11-17(24)21-18/h2-7,16,20,22-23H,8-11H2,1H3,(H,21,24). The Kier molecular flexibility index (Phi) is 5.21. The molecule has 0 saturated heterocycles. The molecule has 3 rings (SSSR count). The maximum Gasteiger partial charge on any atom is 0.262 e. The van der Waals surface area contributed by atoms with Gasteiger partial charge in [-0.05, 0) is 43.1 Å². The van der Waals surface area contributed by atoms with Crippen LogP contribution in [0, 0.1) is 6.92 Å². The van der Waals surface area contributed by atoms with Crippen LogP contribution in [-0.2, 0) is 11.2 Å². The summed E-state index contributed by atoms with van der Waals surface area (Å²) < 4.78 is 5.40. The predicted octanol–water partition coefficient (Wildman–Crippen LogP) is 1.90. The van der Waals surface area contributed by atoms with Crippen LogP contribution in [0.3, 0.4) is 0 Å². The molecule has 132 valence electrons. The maximum atomic E-state index is 11.4. The number of aliphatic hydroxyl groups is 1. The molecule has 0 fully saturated rings. The zero-order chi connectivity index (χ0) is 17.8. The molecule has 1 aliphatic heterocycles. The molecule has 0 aromatic heterocycles. The minimum absolute atomic E-state index is 0.0773. The van der Waals surface area contributed by atoms with Crippen molar-refractivity contribution in [1.29, 1.82) is 0 Å². The van der Waals surface area contributed by atoms with Gasteiger partial charge in [0.05, 0.1) is 6.10 Å². The first-order chi connectivity index (χ1) is 12.1. The van der Waals surface area contributed by atoms with Crippen molar-refractivity contribution in [3.63, 3.8) is 0 Å². The molecule has 0 bridgehead atoms. The lowest BCUT2D eigenvalue weighted by Crippen LogP contribution is -2.28. The van der Waals surface area contributed by atoms with E-state index < -0.39 is 6.10 Å². The fourth-order valence-corrected chi connectivity index (χ4v) is 2.90. The van der Waals surface area contributed by atoms with Crippen LogP contribution in [0.4, 0.5) is 5.69 Å². The predicted molar refractivity (Wildman–Crippen MR) is 94.9 cm³/mol. The van der Waals surface area contributed by atoms with Crippen molar-refractivity contribution in [2.45, 2.75) is 19.4 Å². The van der Waals surface area contributed by atoms with Crippen molar-refractivity contribution in [1.82, 2.24) is 5.32 Å². The fraction of sp³-hybridized carbons (Fsp3) is 0.316. The fourth-order valence-electron chi connectivity index (χ4n) is 2.90. The number of amides is 1. The lowest BCUT2D eigenvalue weighted by atomic mass is 10.0. The van der Waals surface area contributed by atoms with Crippen LogP contribution < -0.4 is 15.4 Å². The highest BCUT2D eigenvalue weighted by molar-refractivity contribution is 5.97. The van der Waals surface area contributed by atoms with E-state index in [0.29, 0.717) is 17.9 Å². The summed E-state index contributed by atoms with van der Waals surface area (Å²) in [6.45, 7) is 3.04. The average molecular weight is 342 g/mol. The molecule has 1 heterocycles. The summed E-state index contributed by atoms with van der Waals surface area (Å²) >= 11 is 0. The highest BCUT2D eigenvalue weighted by Crippen LogP contribution is 2.41. The molecule has 0 saturated carbocycles. The Bertz CT molecular complexity index is 776. The number of carbonyl (C=O) groups is 1. The van der Waals surface area contributed by atoms with Gasteiger partial charge in [0, 0.05) is 12.1 Å². The van der Waals surface area contributed by atoms with Gasteiger partial charge in [-0.3, -0.25) is 4.79 Å². The lowest BCUT2D eigenvalue weighted by molar-refractivity contribution is -0.118. The molecular formula is C19H22N2O4. The zero-order valence-electron chi connectivity index (χ0n) is 14.1. The summed E-state index contributed by atoms with van der Waals surface area (Å²) in [5, 5.41) is 26.1. The van der Waals surface area contributed by atoms with Gasteiger partial charge in [-0.15, -0.1) is 0 Å². The zero-order valence-corrected chi connectivity index (χ0v) is 14.1. The minimum atomic E-state index is -0.804. The molecule has 1 amide bonds. The number of hydrogen-bond acceptors (Lipinski definition) is 5. The molecule has 6 heteroatoms. The Morgan fingerprint density at radius 1 is 1.28 bits per heavy atom. The molecule has 4 N–H and O–H groups in total.